The zero-order valence-corrected chi connectivity index (χ0v) is 12.2. The molecule has 1 aliphatic rings. The monoisotopic (exact) mass is 283 g/mol. The lowest BCUT2D eigenvalue weighted by Gasteiger charge is -2.17. The molecule has 1 amide bonds. The molecule has 0 spiro atoms. The van der Waals surface area contributed by atoms with Crippen molar-refractivity contribution in [3.63, 3.8) is 0 Å². The van der Waals surface area contributed by atoms with Gasteiger partial charge in [-0.1, -0.05) is 11.3 Å². The van der Waals surface area contributed by atoms with Gasteiger partial charge in [0, 0.05) is 32.2 Å². The molecule has 1 aliphatic heterocycles. The van der Waals surface area contributed by atoms with E-state index in [2.05, 4.69) is 9.88 Å². The van der Waals surface area contributed by atoms with Gasteiger partial charge >= 0.3 is 0 Å². The molecule has 106 valence electrons. The Morgan fingerprint density at radius 2 is 2.21 bits per heavy atom. The smallest absolute Gasteiger partial charge is 0.267 e. The van der Waals surface area contributed by atoms with Gasteiger partial charge in [-0.25, -0.2) is 4.98 Å². The molecule has 1 fully saturated rings. The molecule has 2 heterocycles. The number of nitrogen functional groups attached to an aromatic ring is 1. The van der Waals surface area contributed by atoms with Gasteiger partial charge in [0.2, 0.25) is 0 Å². The summed E-state index contributed by atoms with van der Waals surface area (Å²) in [6.07, 6.45) is 0.957. The molecule has 7 heteroatoms. The van der Waals surface area contributed by atoms with Crippen molar-refractivity contribution in [1.82, 2.24) is 9.88 Å². The quantitative estimate of drug-likeness (QED) is 0.851. The molecule has 4 N–H and O–H groups in total. The average Bonchev–Trinajstić information content (AvgIpc) is 2.97. The molecule has 1 saturated heterocycles. The second kappa shape index (κ2) is 5.75. The fourth-order valence-corrected chi connectivity index (χ4v) is 3.21. The van der Waals surface area contributed by atoms with Gasteiger partial charge in [-0.05, 0) is 20.3 Å². The van der Waals surface area contributed by atoms with E-state index in [9.17, 15) is 4.79 Å². The van der Waals surface area contributed by atoms with E-state index in [1.165, 1.54) is 11.3 Å². The van der Waals surface area contributed by atoms with Crippen LogP contribution < -0.4 is 16.4 Å². The summed E-state index contributed by atoms with van der Waals surface area (Å²) in [7, 11) is 0. The summed E-state index contributed by atoms with van der Waals surface area (Å²) in [6, 6.07) is 0.187. The molecular formula is C12H21N5OS. The minimum Gasteiger partial charge on any atom is -0.382 e. The molecule has 0 aliphatic carbocycles. The van der Waals surface area contributed by atoms with Crippen LogP contribution >= 0.6 is 11.3 Å². The predicted molar refractivity (Wildman–Crippen MR) is 78.6 cm³/mol. The molecule has 2 rings (SSSR count). The van der Waals surface area contributed by atoms with Crippen molar-refractivity contribution in [2.45, 2.75) is 26.3 Å². The third kappa shape index (κ3) is 2.82. The maximum Gasteiger partial charge on any atom is 0.267 e. The number of aromatic nitrogens is 1. The van der Waals surface area contributed by atoms with Crippen molar-refractivity contribution in [2.24, 2.45) is 5.73 Å². The van der Waals surface area contributed by atoms with Crippen LogP contribution in [-0.4, -0.2) is 48.0 Å². The van der Waals surface area contributed by atoms with Crippen LogP contribution in [0, 0.1) is 0 Å². The van der Waals surface area contributed by atoms with Gasteiger partial charge in [0.1, 0.15) is 10.7 Å². The third-order valence-electron chi connectivity index (χ3n) is 3.38. The second-order valence-electron chi connectivity index (χ2n) is 4.68. The summed E-state index contributed by atoms with van der Waals surface area (Å²) in [5, 5.41) is 0.806. The van der Waals surface area contributed by atoms with Gasteiger partial charge in [-0.3, -0.25) is 4.79 Å². The van der Waals surface area contributed by atoms with Gasteiger partial charge in [-0.15, -0.1) is 0 Å². The summed E-state index contributed by atoms with van der Waals surface area (Å²) in [5.41, 5.74) is 11.8. The number of hydrogen-bond donors (Lipinski definition) is 2. The highest BCUT2D eigenvalue weighted by atomic mass is 32.1. The SMILES string of the molecule is CCN(CC)C(=O)c1sc(N2CCC(N)C2)nc1N. The number of anilines is 2. The molecule has 1 aromatic rings. The van der Waals surface area contributed by atoms with Crippen molar-refractivity contribution < 1.29 is 4.79 Å². The number of nitrogens with zero attached hydrogens (tertiary/aromatic N) is 3. The molecule has 1 aromatic heterocycles. The Kier molecular flexibility index (Phi) is 4.26. The summed E-state index contributed by atoms with van der Waals surface area (Å²) in [4.78, 5) is 21.0. The fraction of sp³-hybridized carbons (Fsp3) is 0.667. The maximum atomic E-state index is 12.3. The number of rotatable bonds is 4. The molecule has 6 nitrogen and oxygen atoms in total. The molecule has 1 atom stereocenters. The Hall–Kier alpha value is -1.34. The van der Waals surface area contributed by atoms with Crippen LogP contribution in [0.15, 0.2) is 0 Å². The van der Waals surface area contributed by atoms with E-state index in [0.717, 1.165) is 24.6 Å². The molecule has 0 radical (unpaired) electrons. The van der Waals surface area contributed by atoms with E-state index >= 15 is 0 Å². The molecule has 0 bridgehead atoms. The van der Waals surface area contributed by atoms with Crippen LogP contribution in [0.25, 0.3) is 0 Å². The van der Waals surface area contributed by atoms with Gasteiger partial charge in [0.15, 0.2) is 5.13 Å². The summed E-state index contributed by atoms with van der Waals surface area (Å²) in [6.45, 7) is 6.93. The average molecular weight is 283 g/mol. The lowest BCUT2D eigenvalue weighted by Crippen LogP contribution is -2.30. The number of hydrogen-bond acceptors (Lipinski definition) is 6. The van der Waals surface area contributed by atoms with Gasteiger partial charge in [0.25, 0.3) is 5.91 Å². The first-order valence-electron chi connectivity index (χ1n) is 6.62. The summed E-state index contributed by atoms with van der Waals surface area (Å²) < 4.78 is 0. The molecular weight excluding hydrogens is 262 g/mol. The van der Waals surface area contributed by atoms with Crippen molar-refractivity contribution in [3.8, 4) is 0 Å². The highest BCUT2D eigenvalue weighted by Crippen LogP contribution is 2.31. The standard InChI is InChI=1S/C12H21N5OS/c1-3-16(4-2)11(18)9-10(14)15-12(19-9)17-6-5-8(13)7-17/h8H,3-7,13-14H2,1-2H3. The van der Waals surface area contributed by atoms with Gasteiger partial charge < -0.3 is 21.3 Å². The summed E-state index contributed by atoms with van der Waals surface area (Å²) >= 11 is 1.37. The van der Waals surface area contributed by atoms with E-state index in [1.54, 1.807) is 4.90 Å². The van der Waals surface area contributed by atoms with Crippen LogP contribution in [0.2, 0.25) is 0 Å². The lowest BCUT2D eigenvalue weighted by molar-refractivity contribution is 0.0778. The number of amides is 1. The molecule has 0 saturated carbocycles. The number of carbonyl (C=O) groups excluding carboxylic acids is 1. The first kappa shape index (κ1) is 14.1. The third-order valence-corrected chi connectivity index (χ3v) is 4.50. The highest BCUT2D eigenvalue weighted by molar-refractivity contribution is 7.18. The Morgan fingerprint density at radius 1 is 1.53 bits per heavy atom. The van der Waals surface area contributed by atoms with Crippen molar-refractivity contribution in [3.05, 3.63) is 4.88 Å². The van der Waals surface area contributed by atoms with Crippen LogP contribution in [0.1, 0.15) is 29.9 Å². The van der Waals surface area contributed by atoms with Gasteiger partial charge in [-0.2, -0.15) is 0 Å². The van der Waals surface area contributed by atoms with E-state index in [0.29, 0.717) is 23.8 Å². The largest absolute Gasteiger partial charge is 0.382 e. The predicted octanol–water partition coefficient (Wildman–Crippen LogP) is 0.745. The molecule has 0 aromatic carbocycles. The Morgan fingerprint density at radius 3 is 2.74 bits per heavy atom. The van der Waals surface area contributed by atoms with E-state index in [4.69, 9.17) is 11.5 Å². The van der Waals surface area contributed by atoms with Crippen molar-refractivity contribution in [2.75, 3.05) is 36.8 Å². The second-order valence-corrected chi connectivity index (χ2v) is 5.66. The van der Waals surface area contributed by atoms with Crippen LogP contribution in [0.5, 0.6) is 0 Å². The number of thiazole rings is 1. The number of carbonyl (C=O) groups is 1. The first-order valence-corrected chi connectivity index (χ1v) is 7.44. The van der Waals surface area contributed by atoms with Gasteiger partial charge in [0.05, 0.1) is 0 Å². The highest BCUT2D eigenvalue weighted by Gasteiger charge is 2.26. The normalized spacial score (nSPS) is 18.9. The maximum absolute atomic E-state index is 12.3. The van der Waals surface area contributed by atoms with Crippen LogP contribution in [0.4, 0.5) is 10.9 Å². The van der Waals surface area contributed by atoms with E-state index < -0.39 is 0 Å². The fourth-order valence-electron chi connectivity index (χ4n) is 2.22. The zero-order valence-electron chi connectivity index (χ0n) is 11.4. The van der Waals surface area contributed by atoms with Crippen LogP contribution in [0.3, 0.4) is 0 Å². The topological polar surface area (TPSA) is 88.5 Å². The number of nitrogens with two attached hydrogens (primary N) is 2. The molecule has 1 unspecified atom stereocenters. The first-order chi connectivity index (χ1) is 9.06. The van der Waals surface area contributed by atoms with E-state index in [-0.39, 0.29) is 11.9 Å². The van der Waals surface area contributed by atoms with Crippen molar-refractivity contribution >= 4 is 28.2 Å². The lowest BCUT2D eigenvalue weighted by atomic mass is 10.3. The zero-order chi connectivity index (χ0) is 14.0. The Labute approximate surface area is 117 Å². The summed E-state index contributed by atoms with van der Waals surface area (Å²) in [5.74, 6) is 0.298. The molecule has 19 heavy (non-hydrogen) atoms. The Balaban J connectivity index is 2.19. The van der Waals surface area contributed by atoms with Crippen molar-refractivity contribution in [1.29, 1.82) is 0 Å². The van der Waals surface area contributed by atoms with E-state index in [1.807, 2.05) is 13.8 Å². The Bertz CT molecular complexity index is 457. The van der Waals surface area contributed by atoms with Crippen LogP contribution in [-0.2, 0) is 0 Å². The minimum absolute atomic E-state index is 0.0326. The minimum atomic E-state index is -0.0326.